The van der Waals surface area contributed by atoms with E-state index in [4.69, 9.17) is 13.3 Å². The predicted molar refractivity (Wildman–Crippen MR) is 83.3 cm³/mol. The fourth-order valence-corrected chi connectivity index (χ4v) is 7.14. The molecule has 0 N–H and O–H groups in total. The summed E-state index contributed by atoms with van der Waals surface area (Å²) >= 11 is 1.32. The van der Waals surface area contributed by atoms with E-state index in [1.807, 2.05) is 4.90 Å². The molecule has 0 spiro atoms. The first kappa shape index (κ1) is 22.5. The Morgan fingerprint density at radius 3 is 1.69 bits per heavy atom. The lowest BCUT2D eigenvalue weighted by Gasteiger charge is -2.41. The molecule has 1 unspecified atom stereocenters. The molecule has 0 aromatic rings. The lowest BCUT2D eigenvalue weighted by atomic mass is 10.0. The number of nitrogens with zero attached hydrogens (tertiary/aromatic N) is 1. The van der Waals surface area contributed by atoms with Crippen molar-refractivity contribution in [3.05, 3.63) is 0 Å². The minimum absolute atomic E-state index is 0.0287. The number of rotatable bonds is 6. The van der Waals surface area contributed by atoms with Gasteiger partial charge in [0.15, 0.2) is 0 Å². The van der Waals surface area contributed by atoms with Crippen molar-refractivity contribution in [3.63, 3.8) is 0 Å². The monoisotopic (exact) mass is 529 g/mol. The molecule has 0 radical (unpaired) electrons. The van der Waals surface area contributed by atoms with Gasteiger partial charge in [0.1, 0.15) is 0 Å². The van der Waals surface area contributed by atoms with Gasteiger partial charge in [-0.15, -0.1) is 0 Å². The summed E-state index contributed by atoms with van der Waals surface area (Å²) in [4.78, 5) is 1.92. The van der Waals surface area contributed by atoms with Gasteiger partial charge in [-0.25, -0.2) is 8.78 Å². The molecule has 3 fully saturated rings. The van der Waals surface area contributed by atoms with Crippen molar-refractivity contribution in [1.82, 2.24) is 4.90 Å². The molecule has 3 aliphatic rings. The zero-order valence-corrected chi connectivity index (χ0v) is 16.3. The first-order valence-electron chi connectivity index (χ1n) is 7.55. The van der Waals surface area contributed by atoms with Crippen molar-refractivity contribution in [2.24, 2.45) is 0 Å². The van der Waals surface area contributed by atoms with Gasteiger partial charge in [-0.05, 0) is 0 Å². The summed E-state index contributed by atoms with van der Waals surface area (Å²) in [6.45, 7) is 1.42. The van der Waals surface area contributed by atoms with Crippen LogP contribution >= 0.6 is 22.6 Å². The first-order valence-corrected chi connectivity index (χ1v) is 10.6. The Hall–Kier alpha value is 0.227. The van der Waals surface area contributed by atoms with Crippen molar-refractivity contribution in [3.8, 4) is 0 Å². The highest BCUT2D eigenvalue weighted by atomic mass is 127. The Kier molecular flexibility index (Phi) is 6.86. The second-order valence-corrected chi connectivity index (χ2v) is 11.3. The largest absolute Gasteiger partial charge is 0.514 e. The van der Waals surface area contributed by atoms with Gasteiger partial charge < -0.3 is 13.3 Å². The van der Waals surface area contributed by atoms with Gasteiger partial charge in [0, 0.05) is 26.1 Å². The van der Waals surface area contributed by atoms with Crippen LogP contribution < -0.4 is 0 Å². The van der Waals surface area contributed by atoms with Crippen LogP contribution in [0.15, 0.2) is 0 Å². The van der Waals surface area contributed by atoms with E-state index in [2.05, 4.69) is 0 Å². The summed E-state index contributed by atoms with van der Waals surface area (Å²) in [6, 6.07) is 0. The minimum atomic E-state index is -6.25. The molecule has 0 amide bonds. The molecule has 26 heavy (non-hydrogen) atoms. The second-order valence-electron chi connectivity index (χ2n) is 5.86. The highest BCUT2D eigenvalue weighted by Gasteiger charge is 2.76. The third-order valence-corrected chi connectivity index (χ3v) is 9.62. The third kappa shape index (κ3) is 4.13. The third-order valence-electron chi connectivity index (χ3n) is 4.10. The van der Waals surface area contributed by atoms with E-state index in [9.17, 15) is 35.1 Å². The smallest absolute Gasteiger partial charge is 0.371 e. The quantitative estimate of drug-likeness (QED) is 0.229. The average molecular weight is 529 g/mol. The number of fused-ring (bicyclic) bond motifs is 6. The van der Waals surface area contributed by atoms with E-state index in [1.165, 1.54) is 22.6 Å². The summed E-state index contributed by atoms with van der Waals surface area (Å²) in [7, 11) is -3.89. The van der Waals surface area contributed by atoms with Crippen molar-refractivity contribution in [1.29, 1.82) is 0 Å². The van der Waals surface area contributed by atoms with Crippen LogP contribution in [0.5, 0.6) is 0 Å². The Labute approximate surface area is 158 Å². The van der Waals surface area contributed by atoms with E-state index in [1.54, 1.807) is 0 Å². The molecule has 3 saturated heterocycles. The number of alkyl halides is 9. The van der Waals surface area contributed by atoms with Crippen LogP contribution in [-0.2, 0) is 13.3 Å². The number of halogens is 9. The Bertz CT molecular complexity index is 475. The standard InChI is InChI=1S/C12H16F8INO3Si/c13-9(14)11(17,18)12(19,20)10(15,16)7-8(21)26-23-4-1-22(2-5-24-26)3-6-25-26/h8-9H,1-7H2. The molecule has 0 aromatic heterocycles. The zero-order valence-electron chi connectivity index (χ0n) is 13.2. The van der Waals surface area contributed by atoms with Gasteiger partial charge in [0.05, 0.1) is 23.4 Å². The maximum absolute atomic E-state index is 13.9. The van der Waals surface area contributed by atoms with Gasteiger partial charge in [-0.2, -0.15) is 26.3 Å². The van der Waals surface area contributed by atoms with E-state index in [0.29, 0.717) is 19.6 Å². The van der Waals surface area contributed by atoms with Crippen LogP contribution in [0.4, 0.5) is 35.1 Å². The van der Waals surface area contributed by atoms with E-state index in [-0.39, 0.29) is 19.8 Å². The van der Waals surface area contributed by atoms with Gasteiger partial charge in [0.2, 0.25) is 0 Å². The molecule has 0 saturated carbocycles. The fraction of sp³-hybridized carbons (Fsp3) is 1.00. The first-order chi connectivity index (χ1) is 11.9. The van der Waals surface area contributed by atoms with Crippen LogP contribution in [0.2, 0.25) is 0 Å². The molecular formula is C12H16F8INO3Si. The lowest BCUT2D eigenvalue weighted by molar-refractivity contribution is -0.339. The molecule has 14 heteroatoms. The molecule has 3 heterocycles. The molecule has 1 atom stereocenters. The normalized spacial score (nSPS) is 30.0. The average Bonchev–Trinajstić information content (AvgIpc) is 2.44. The second kappa shape index (κ2) is 7.92. The maximum atomic E-state index is 13.9. The van der Waals surface area contributed by atoms with Crippen LogP contribution in [0.1, 0.15) is 6.42 Å². The van der Waals surface area contributed by atoms with Crippen molar-refractivity contribution in [2.75, 3.05) is 39.5 Å². The van der Waals surface area contributed by atoms with E-state index >= 15 is 0 Å². The van der Waals surface area contributed by atoms with Gasteiger partial charge in [-0.1, -0.05) is 22.6 Å². The van der Waals surface area contributed by atoms with E-state index < -0.39 is 43.0 Å². The molecule has 3 rings (SSSR count). The van der Waals surface area contributed by atoms with Crippen LogP contribution in [0.3, 0.4) is 0 Å². The predicted octanol–water partition coefficient (Wildman–Crippen LogP) is 3.21. The highest BCUT2D eigenvalue weighted by molar-refractivity contribution is 14.1. The summed E-state index contributed by atoms with van der Waals surface area (Å²) in [5.41, 5.74) is 0. The van der Waals surface area contributed by atoms with Crippen LogP contribution in [0, 0.1) is 0 Å². The van der Waals surface area contributed by atoms with Crippen LogP contribution in [0.25, 0.3) is 0 Å². The molecule has 0 aliphatic carbocycles. The van der Waals surface area contributed by atoms with E-state index in [0.717, 1.165) is 0 Å². The summed E-state index contributed by atoms with van der Waals surface area (Å²) in [5, 5.41) is 0. The maximum Gasteiger partial charge on any atom is 0.514 e. The van der Waals surface area contributed by atoms with Crippen molar-refractivity contribution < 1.29 is 48.4 Å². The Morgan fingerprint density at radius 2 is 1.31 bits per heavy atom. The lowest BCUT2D eigenvalue weighted by Crippen LogP contribution is -2.63. The fourth-order valence-electron chi connectivity index (χ4n) is 2.54. The summed E-state index contributed by atoms with van der Waals surface area (Å²) in [5.74, 6) is -17.9. The van der Waals surface area contributed by atoms with Crippen LogP contribution in [-0.4, -0.2) is 80.9 Å². The molecule has 154 valence electrons. The summed E-state index contributed by atoms with van der Waals surface area (Å²) in [6.07, 6.45) is -6.79. The highest BCUT2D eigenvalue weighted by Crippen LogP contribution is 2.51. The van der Waals surface area contributed by atoms with Gasteiger partial charge in [-0.3, -0.25) is 4.90 Å². The molecule has 2 bridgehead atoms. The Morgan fingerprint density at radius 1 is 0.885 bits per heavy atom. The number of hydrogen-bond acceptors (Lipinski definition) is 4. The zero-order chi connectivity index (χ0) is 19.8. The van der Waals surface area contributed by atoms with Crippen molar-refractivity contribution >= 4 is 31.4 Å². The topological polar surface area (TPSA) is 30.9 Å². The van der Waals surface area contributed by atoms with Gasteiger partial charge in [0.25, 0.3) is 0 Å². The minimum Gasteiger partial charge on any atom is -0.371 e. The Balaban J connectivity index is 2.21. The molecular weight excluding hydrogens is 513 g/mol. The summed E-state index contributed by atoms with van der Waals surface area (Å²) < 4.78 is 120. The van der Waals surface area contributed by atoms with Crippen molar-refractivity contribution in [2.45, 2.75) is 34.2 Å². The van der Waals surface area contributed by atoms with Gasteiger partial charge >= 0.3 is 33.0 Å². The molecule has 4 nitrogen and oxygen atoms in total. The molecule has 3 aliphatic heterocycles. The molecule has 0 aromatic carbocycles. The SMILES string of the molecule is FC(F)C(F)(F)C(F)(F)C(F)(F)CC(I)[Si]12OCCN(CCO1)CCO2. The number of hydrogen-bond donors (Lipinski definition) is 0.